The molecule has 0 saturated heterocycles. The van der Waals surface area contributed by atoms with Crippen LogP contribution in [0.5, 0.6) is 0 Å². The summed E-state index contributed by atoms with van der Waals surface area (Å²) < 4.78 is 0. The lowest BCUT2D eigenvalue weighted by atomic mass is 10.0. The molecule has 0 radical (unpaired) electrons. The Balaban J connectivity index is 2.44. The van der Waals surface area contributed by atoms with Gasteiger partial charge in [0.2, 0.25) is 0 Å². The van der Waals surface area contributed by atoms with Crippen molar-refractivity contribution in [2.45, 2.75) is 59.4 Å². The van der Waals surface area contributed by atoms with E-state index >= 15 is 0 Å². The molecular formula is C16H27N. The molecule has 17 heavy (non-hydrogen) atoms. The van der Waals surface area contributed by atoms with Crippen LogP contribution in [0.2, 0.25) is 0 Å². The van der Waals surface area contributed by atoms with Crippen LogP contribution in [-0.4, -0.2) is 6.04 Å². The normalized spacial score (nSPS) is 12.8. The van der Waals surface area contributed by atoms with Crippen molar-refractivity contribution in [2.75, 3.05) is 5.32 Å². The van der Waals surface area contributed by atoms with Gasteiger partial charge >= 0.3 is 0 Å². The lowest BCUT2D eigenvalue weighted by Crippen LogP contribution is -2.21. The summed E-state index contributed by atoms with van der Waals surface area (Å²) in [5.74, 6) is 0.666. The summed E-state index contributed by atoms with van der Waals surface area (Å²) in [5.41, 5.74) is 2.70. The second-order valence-corrected chi connectivity index (χ2v) is 5.33. The van der Waals surface area contributed by atoms with Gasteiger partial charge < -0.3 is 5.32 Å². The fraction of sp³-hybridized carbons (Fsp3) is 0.625. The van der Waals surface area contributed by atoms with Crippen molar-refractivity contribution in [1.29, 1.82) is 0 Å². The highest BCUT2D eigenvalue weighted by atomic mass is 14.9. The molecular weight excluding hydrogens is 206 g/mol. The zero-order valence-electron chi connectivity index (χ0n) is 11.8. The molecule has 1 aromatic rings. The van der Waals surface area contributed by atoms with E-state index in [1.165, 1.54) is 36.9 Å². The highest BCUT2D eigenvalue weighted by Crippen LogP contribution is 2.15. The third-order valence-electron chi connectivity index (χ3n) is 3.42. The largest absolute Gasteiger partial charge is 0.382 e. The van der Waals surface area contributed by atoms with Crippen LogP contribution in [0.25, 0.3) is 0 Å². The number of rotatable bonds is 7. The molecule has 1 N–H and O–H groups in total. The molecule has 0 heterocycles. The predicted octanol–water partition coefficient (Wildman–Crippen LogP) is 4.88. The van der Waals surface area contributed by atoms with Crippen molar-refractivity contribution < 1.29 is 0 Å². The standard InChI is InChI=1S/C16H27N/c1-5-6-7-8-15-9-11-16(12-10-15)17-14(4)13(2)3/h9-14,17H,5-8H2,1-4H3. The number of benzene rings is 1. The average molecular weight is 233 g/mol. The third-order valence-corrected chi connectivity index (χ3v) is 3.42. The number of aryl methyl sites for hydroxylation is 1. The molecule has 0 fully saturated rings. The summed E-state index contributed by atoms with van der Waals surface area (Å²) in [6, 6.07) is 9.46. The molecule has 1 atom stereocenters. The van der Waals surface area contributed by atoms with Crippen LogP contribution in [-0.2, 0) is 6.42 Å². The van der Waals surface area contributed by atoms with Gasteiger partial charge in [-0.05, 0) is 43.4 Å². The molecule has 0 aromatic heterocycles. The van der Waals surface area contributed by atoms with Gasteiger partial charge in [0.25, 0.3) is 0 Å². The molecule has 0 aliphatic carbocycles. The molecule has 0 amide bonds. The van der Waals surface area contributed by atoms with E-state index in [9.17, 15) is 0 Å². The van der Waals surface area contributed by atoms with Crippen molar-refractivity contribution >= 4 is 5.69 Å². The molecule has 1 nitrogen and oxygen atoms in total. The Kier molecular flexibility index (Phi) is 6.10. The molecule has 96 valence electrons. The Bertz CT molecular complexity index is 300. The second kappa shape index (κ2) is 7.37. The summed E-state index contributed by atoms with van der Waals surface area (Å²) in [6.07, 6.45) is 5.16. The Morgan fingerprint density at radius 1 is 1.00 bits per heavy atom. The molecule has 0 bridgehead atoms. The Morgan fingerprint density at radius 2 is 1.65 bits per heavy atom. The van der Waals surface area contributed by atoms with Gasteiger partial charge in [0.1, 0.15) is 0 Å². The van der Waals surface area contributed by atoms with Gasteiger partial charge in [-0.1, -0.05) is 45.7 Å². The minimum absolute atomic E-state index is 0.529. The number of nitrogens with one attached hydrogen (secondary N) is 1. The first-order chi connectivity index (χ1) is 8.13. The summed E-state index contributed by atoms with van der Waals surface area (Å²) >= 11 is 0. The first kappa shape index (κ1) is 14.1. The van der Waals surface area contributed by atoms with Gasteiger partial charge in [-0.25, -0.2) is 0 Å². The van der Waals surface area contributed by atoms with E-state index < -0.39 is 0 Å². The minimum atomic E-state index is 0.529. The van der Waals surface area contributed by atoms with Gasteiger partial charge in [-0.15, -0.1) is 0 Å². The van der Waals surface area contributed by atoms with Crippen LogP contribution in [0, 0.1) is 5.92 Å². The smallest absolute Gasteiger partial charge is 0.0342 e. The monoisotopic (exact) mass is 233 g/mol. The van der Waals surface area contributed by atoms with E-state index in [0.29, 0.717) is 12.0 Å². The number of hydrogen-bond donors (Lipinski definition) is 1. The lowest BCUT2D eigenvalue weighted by Gasteiger charge is -2.18. The average Bonchev–Trinajstić information content (AvgIpc) is 2.31. The van der Waals surface area contributed by atoms with Crippen molar-refractivity contribution in [3.63, 3.8) is 0 Å². The number of anilines is 1. The fourth-order valence-corrected chi connectivity index (χ4v) is 1.78. The molecule has 1 rings (SSSR count). The Hall–Kier alpha value is -0.980. The maximum atomic E-state index is 3.54. The van der Waals surface area contributed by atoms with E-state index in [0.717, 1.165) is 0 Å². The van der Waals surface area contributed by atoms with Crippen LogP contribution < -0.4 is 5.32 Å². The second-order valence-electron chi connectivity index (χ2n) is 5.33. The first-order valence-corrected chi connectivity index (χ1v) is 6.99. The van der Waals surface area contributed by atoms with Gasteiger partial charge in [-0.3, -0.25) is 0 Å². The van der Waals surface area contributed by atoms with E-state index in [2.05, 4.69) is 57.3 Å². The summed E-state index contributed by atoms with van der Waals surface area (Å²) in [6.45, 7) is 8.98. The Labute approximate surface area is 107 Å². The number of unbranched alkanes of at least 4 members (excludes halogenated alkanes) is 2. The molecule has 1 unspecified atom stereocenters. The minimum Gasteiger partial charge on any atom is -0.382 e. The zero-order valence-corrected chi connectivity index (χ0v) is 11.8. The summed E-state index contributed by atoms with van der Waals surface area (Å²) in [5, 5.41) is 3.54. The maximum absolute atomic E-state index is 3.54. The van der Waals surface area contributed by atoms with Crippen LogP contribution in [0.15, 0.2) is 24.3 Å². The van der Waals surface area contributed by atoms with Crippen molar-refractivity contribution in [1.82, 2.24) is 0 Å². The van der Waals surface area contributed by atoms with Crippen LogP contribution in [0.4, 0.5) is 5.69 Å². The molecule has 0 aliphatic heterocycles. The van der Waals surface area contributed by atoms with E-state index in [1.54, 1.807) is 0 Å². The van der Waals surface area contributed by atoms with E-state index in [-0.39, 0.29) is 0 Å². The quantitative estimate of drug-likeness (QED) is 0.662. The van der Waals surface area contributed by atoms with E-state index in [4.69, 9.17) is 0 Å². The fourth-order valence-electron chi connectivity index (χ4n) is 1.78. The molecule has 1 aromatic carbocycles. The predicted molar refractivity (Wildman–Crippen MR) is 77.6 cm³/mol. The zero-order chi connectivity index (χ0) is 12.7. The van der Waals surface area contributed by atoms with Gasteiger partial charge in [-0.2, -0.15) is 0 Å². The molecule has 1 heteroatoms. The van der Waals surface area contributed by atoms with Crippen molar-refractivity contribution in [3.05, 3.63) is 29.8 Å². The van der Waals surface area contributed by atoms with Gasteiger partial charge in [0, 0.05) is 11.7 Å². The Morgan fingerprint density at radius 3 is 2.18 bits per heavy atom. The lowest BCUT2D eigenvalue weighted by molar-refractivity contribution is 0.560. The van der Waals surface area contributed by atoms with E-state index in [1.807, 2.05) is 0 Å². The number of hydrogen-bond acceptors (Lipinski definition) is 1. The SMILES string of the molecule is CCCCCc1ccc(NC(C)C(C)C)cc1. The molecule has 0 aliphatic rings. The molecule has 0 spiro atoms. The van der Waals surface area contributed by atoms with Crippen molar-refractivity contribution in [3.8, 4) is 0 Å². The van der Waals surface area contributed by atoms with Crippen LogP contribution >= 0.6 is 0 Å². The van der Waals surface area contributed by atoms with Crippen LogP contribution in [0.1, 0.15) is 52.5 Å². The van der Waals surface area contributed by atoms with Crippen molar-refractivity contribution in [2.24, 2.45) is 5.92 Å². The highest BCUT2D eigenvalue weighted by Gasteiger charge is 2.05. The van der Waals surface area contributed by atoms with Gasteiger partial charge in [0.15, 0.2) is 0 Å². The molecule has 0 saturated carbocycles. The maximum Gasteiger partial charge on any atom is 0.0342 e. The van der Waals surface area contributed by atoms with Crippen LogP contribution in [0.3, 0.4) is 0 Å². The summed E-state index contributed by atoms with van der Waals surface area (Å²) in [7, 11) is 0. The first-order valence-electron chi connectivity index (χ1n) is 6.99. The van der Waals surface area contributed by atoms with Gasteiger partial charge in [0.05, 0.1) is 0 Å². The highest BCUT2D eigenvalue weighted by molar-refractivity contribution is 5.45. The third kappa shape index (κ3) is 5.25. The topological polar surface area (TPSA) is 12.0 Å². The summed E-state index contributed by atoms with van der Waals surface area (Å²) in [4.78, 5) is 0.